The Kier molecular flexibility index (Phi) is 1.85. The molecule has 0 aromatic rings. The fourth-order valence-electron chi connectivity index (χ4n) is 1.29. The lowest BCUT2D eigenvalue weighted by Crippen LogP contribution is -2.31. The lowest BCUT2D eigenvalue weighted by molar-refractivity contribution is -0.142. The Bertz CT molecular complexity index is 202. The van der Waals surface area contributed by atoms with Gasteiger partial charge in [-0.15, -0.1) is 0 Å². The van der Waals surface area contributed by atoms with E-state index in [2.05, 4.69) is 0 Å². The summed E-state index contributed by atoms with van der Waals surface area (Å²) >= 11 is 0. The summed E-state index contributed by atoms with van der Waals surface area (Å²) in [6.07, 6.45) is 0.146. The number of hydrogen-bond acceptors (Lipinski definition) is 2. The summed E-state index contributed by atoms with van der Waals surface area (Å²) < 4.78 is 0. The number of aliphatic carboxylic acids is 1. The first-order chi connectivity index (χ1) is 5.04. The van der Waals surface area contributed by atoms with Gasteiger partial charge >= 0.3 is 5.97 Å². The summed E-state index contributed by atoms with van der Waals surface area (Å²) in [5.41, 5.74) is 0. The molecule has 1 N–H and O–H groups in total. The molecule has 0 aliphatic carbocycles. The molecule has 0 aromatic heterocycles. The maximum atomic E-state index is 11.0. The normalized spacial score (nSPS) is 31.1. The number of carbonyl (C=O) groups excluding carboxylic acids is 1. The van der Waals surface area contributed by atoms with Crippen LogP contribution in [0.2, 0.25) is 0 Å². The number of likely N-dealkylation sites (tertiary alicyclic amines) is 1. The van der Waals surface area contributed by atoms with Gasteiger partial charge in [-0.2, -0.15) is 0 Å². The van der Waals surface area contributed by atoms with E-state index in [4.69, 9.17) is 5.11 Å². The van der Waals surface area contributed by atoms with Crippen molar-refractivity contribution in [1.29, 1.82) is 0 Å². The first kappa shape index (κ1) is 8.04. The van der Waals surface area contributed by atoms with Crippen LogP contribution in [0, 0.1) is 5.92 Å². The van der Waals surface area contributed by atoms with E-state index >= 15 is 0 Å². The maximum Gasteiger partial charge on any atom is 0.309 e. The summed E-state index contributed by atoms with van der Waals surface area (Å²) in [6, 6.07) is -0.167. The van der Waals surface area contributed by atoms with Crippen LogP contribution in [0.3, 0.4) is 0 Å². The summed E-state index contributed by atoms with van der Waals surface area (Å²) in [6.45, 7) is 1.75. The SMILES string of the molecule is C[C@H]1[C@H](C(=O)O)CC(=O)N1C. The number of hydrogen-bond donors (Lipinski definition) is 1. The number of carbonyl (C=O) groups is 2. The van der Waals surface area contributed by atoms with Gasteiger partial charge in [-0.3, -0.25) is 9.59 Å². The fraction of sp³-hybridized carbons (Fsp3) is 0.714. The largest absolute Gasteiger partial charge is 0.481 e. The Morgan fingerprint density at radius 2 is 2.27 bits per heavy atom. The molecule has 4 heteroatoms. The third-order valence-corrected chi connectivity index (χ3v) is 2.30. The van der Waals surface area contributed by atoms with Crippen LogP contribution in [-0.2, 0) is 9.59 Å². The van der Waals surface area contributed by atoms with Crippen LogP contribution in [0.15, 0.2) is 0 Å². The maximum absolute atomic E-state index is 11.0. The lowest BCUT2D eigenvalue weighted by Gasteiger charge is -2.17. The molecule has 1 aliphatic rings. The Morgan fingerprint density at radius 3 is 2.45 bits per heavy atom. The quantitative estimate of drug-likeness (QED) is 0.580. The molecule has 1 rings (SSSR count). The minimum Gasteiger partial charge on any atom is -0.481 e. The average Bonchev–Trinajstić information content (AvgIpc) is 2.17. The predicted molar refractivity (Wildman–Crippen MR) is 38.0 cm³/mol. The van der Waals surface area contributed by atoms with E-state index in [0.29, 0.717) is 0 Å². The van der Waals surface area contributed by atoms with Gasteiger partial charge in [-0.1, -0.05) is 0 Å². The zero-order valence-corrected chi connectivity index (χ0v) is 6.57. The van der Waals surface area contributed by atoms with E-state index in [9.17, 15) is 9.59 Å². The van der Waals surface area contributed by atoms with Crippen LogP contribution in [0.1, 0.15) is 13.3 Å². The van der Waals surface area contributed by atoms with Gasteiger partial charge in [0.2, 0.25) is 5.91 Å². The molecule has 0 radical (unpaired) electrons. The minimum atomic E-state index is -0.879. The summed E-state index contributed by atoms with van der Waals surface area (Å²) in [5, 5.41) is 8.64. The number of amides is 1. The fourth-order valence-corrected chi connectivity index (χ4v) is 1.29. The van der Waals surface area contributed by atoms with Gasteiger partial charge in [-0.05, 0) is 6.92 Å². The van der Waals surface area contributed by atoms with E-state index in [1.807, 2.05) is 0 Å². The summed E-state index contributed by atoms with van der Waals surface area (Å²) in [4.78, 5) is 23.0. The third kappa shape index (κ3) is 1.20. The highest BCUT2D eigenvalue weighted by molar-refractivity contribution is 5.86. The molecule has 0 bridgehead atoms. The molecule has 2 atom stereocenters. The molecule has 11 heavy (non-hydrogen) atoms. The Hall–Kier alpha value is -1.06. The number of nitrogens with zero attached hydrogens (tertiary/aromatic N) is 1. The first-order valence-corrected chi connectivity index (χ1v) is 3.52. The second-order valence-corrected chi connectivity index (χ2v) is 2.89. The Balaban J connectivity index is 2.74. The van der Waals surface area contributed by atoms with Crippen molar-refractivity contribution in [2.24, 2.45) is 5.92 Å². The molecule has 1 aliphatic heterocycles. The molecule has 0 unspecified atom stereocenters. The topological polar surface area (TPSA) is 57.6 Å². The van der Waals surface area contributed by atoms with Crippen molar-refractivity contribution in [3.63, 3.8) is 0 Å². The van der Waals surface area contributed by atoms with Crippen molar-refractivity contribution in [1.82, 2.24) is 4.90 Å². The average molecular weight is 157 g/mol. The molecule has 0 aromatic carbocycles. The molecule has 4 nitrogen and oxygen atoms in total. The number of carboxylic acid groups (broad SMARTS) is 1. The monoisotopic (exact) mass is 157 g/mol. The van der Waals surface area contributed by atoms with E-state index in [1.54, 1.807) is 14.0 Å². The second kappa shape index (κ2) is 2.53. The molecule has 1 fully saturated rings. The van der Waals surface area contributed by atoms with Crippen molar-refractivity contribution < 1.29 is 14.7 Å². The second-order valence-electron chi connectivity index (χ2n) is 2.89. The van der Waals surface area contributed by atoms with Crippen molar-refractivity contribution in [3.8, 4) is 0 Å². The van der Waals surface area contributed by atoms with E-state index in [1.165, 1.54) is 4.90 Å². The Morgan fingerprint density at radius 1 is 1.73 bits per heavy atom. The van der Waals surface area contributed by atoms with Gasteiger partial charge < -0.3 is 10.0 Å². The van der Waals surface area contributed by atoms with E-state index in [-0.39, 0.29) is 18.4 Å². The molecule has 62 valence electrons. The highest BCUT2D eigenvalue weighted by Crippen LogP contribution is 2.23. The van der Waals surface area contributed by atoms with Crippen LogP contribution in [-0.4, -0.2) is 35.0 Å². The van der Waals surface area contributed by atoms with Gasteiger partial charge in [0.15, 0.2) is 0 Å². The predicted octanol–water partition coefficient (Wildman–Crippen LogP) is -0.0622. The van der Waals surface area contributed by atoms with Crippen molar-refractivity contribution in [3.05, 3.63) is 0 Å². The molecule has 1 saturated heterocycles. The lowest BCUT2D eigenvalue weighted by atomic mass is 10.0. The molecular formula is C7H11NO3. The van der Waals surface area contributed by atoms with Gasteiger partial charge in [0.25, 0.3) is 0 Å². The zero-order chi connectivity index (χ0) is 8.59. The highest BCUT2D eigenvalue weighted by Gasteiger charge is 2.38. The van der Waals surface area contributed by atoms with E-state index in [0.717, 1.165) is 0 Å². The smallest absolute Gasteiger partial charge is 0.309 e. The van der Waals surface area contributed by atoms with Crippen LogP contribution in [0.4, 0.5) is 0 Å². The number of carboxylic acids is 1. The van der Waals surface area contributed by atoms with Crippen LogP contribution < -0.4 is 0 Å². The summed E-state index contributed by atoms with van der Waals surface area (Å²) in [5.74, 6) is -1.48. The molecule has 1 amide bonds. The van der Waals surface area contributed by atoms with Crippen LogP contribution >= 0.6 is 0 Å². The van der Waals surface area contributed by atoms with E-state index < -0.39 is 11.9 Å². The van der Waals surface area contributed by atoms with Crippen molar-refractivity contribution >= 4 is 11.9 Å². The van der Waals surface area contributed by atoms with Crippen LogP contribution in [0.25, 0.3) is 0 Å². The van der Waals surface area contributed by atoms with Gasteiger partial charge in [0.05, 0.1) is 5.92 Å². The van der Waals surface area contributed by atoms with Gasteiger partial charge in [-0.25, -0.2) is 0 Å². The molecule has 0 spiro atoms. The Labute approximate surface area is 64.8 Å². The molecule has 1 heterocycles. The van der Waals surface area contributed by atoms with Crippen molar-refractivity contribution in [2.75, 3.05) is 7.05 Å². The third-order valence-electron chi connectivity index (χ3n) is 2.30. The molecular weight excluding hydrogens is 146 g/mol. The van der Waals surface area contributed by atoms with Gasteiger partial charge in [0.1, 0.15) is 0 Å². The first-order valence-electron chi connectivity index (χ1n) is 3.52. The molecule has 0 saturated carbocycles. The van der Waals surface area contributed by atoms with Crippen molar-refractivity contribution in [2.45, 2.75) is 19.4 Å². The standard InChI is InChI=1S/C7H11NO3/c1-4-5(7(10)11)3-6(9)8(4)2/h4-5H,3H2,1-2H3,(H,10,11)/t4-,5+/m0/s1. The summed E-state index contributed by atoms with van der Waals surface area (Å²) in [7, 11) is 1.63. The zero-order valence-electron chi connectivity index (χ0n) is 6.57. The van der Waals surface area contributed by atoms with Gasteiger partial charge in [0, 0.05) is 19.5 Å². The van der Waals surface area contributed by atoms with Crippen LogP contribution in [0.5, 0.6) is 0 Å². The highest BCUT2D eigenvalue weighted by atomic mass is 16.4. The number of rotatable bonds is 1. The minimum absolute atomic E-state index is 0.0788.